The van der Waals surface area contributed by atoms with Crippen molar-refractivity contribution < 1.29 is 4.79 Å². The minimum Gasteiger partial charge on any atom is -0.283 e. The first-order valence-corrected chi connectivity index (χ1v) is 7.52. The Kier molecular flexibility index (Phi) is 3.81. The van der Waals surface area contributed by atoms with Gasteiger partial charge >= 0.3 is 0 Å². The molecule has 0 aliphatic carbocycles. The summed E-state index contributed by atoms with van der Waals surface area (Å²) < 4.78 is 0.986. The fourth-order valence-electron chi connectivity index (χ4n) is 1.92. The molecule has 0 saturated carbocycles. The zero-order valence-electron chi connectivity index (χ0n) is 11.2. The van der Waals surface area contributed by atoms with Gasteiger partial charge in [-0.05, 0) is 25.1 Å². The van der Waals surface area contributed by atoms with Gasteiger partial charge in [0.05, 0.1) is 16.4 Å². The molecule has 3 aromatic rings. The molecule has 21 heavy (non-hydrogen) atoms. The lowest BCUT2D eigenvalue weighted by atomic mass is 10.3. The summed E-state index contributed by atoms with van der Waals surface area (Å²) in [5.41, 5.74) is 1.09. The summed E-state index contributed by atoms with van der Waals surface area (Å²) in [5.74, 6) is -0.212. The lowest BCUT2D eigenvalue weighted by molar-refractivity contribution is 0.0983. The van der Waals surface area contributed by atoms with Crippen molar-refractivity contribution in [3.05, 3.63) is 47.5 Å². The average Bonchev–Trinajstić information content (AvgIpc) is 2.91. The minimum atomic E-state index is -0.212. The van der Waals surface area contributed by atoms with Crippen LogP contribution in [0, 0.1) is 0 Å². The van der Waals surface area contributed by atoms with E-state index in [0.29, 0.717) is 22.4 Å². The number of thiazole rings is 1. The number of halogens is 1. The van der Waals surface area contributed by atoms with Crippen molar-refractivity contribution >= 4 is 44.2 Å². The summed E-state index contributed by atoms with van der Waals surface area (Å²) in [6, 6.07) is 5.50. The average molecular weight is 319 g/mol. The van der Waals surface area contributed by atoms with Crippen LogP contribution in [0.2, 0.25) is 5.02 Å². The van der Waals surface area contributed by atoms with Gasteiger partial charge in [0.2, 0.25) is 0 Å². The minimum absolute atomic E-state index is 0.212. The molecular weight excluding hydrogens is 308 g/mol. The molecule has 5 nitrogen and oxygen atoms in total. The largest absolute Gasteiger partial charge is 0.283 e. The topological polar surface area (TPSA) is 59.0 Å². The summed E-state index contributed by atoms with van der Waals surface area (Å²) in [7, 11) is 0. The van der Waals surface area contributed by atoms with E-state index in [2.05, 4.69) is 15.0 Å². The molecule has 106 valence electrons. The molecule has 0 N–H and O–H groups in total. The number of nitrogens with zero attached hydrogens (tertiary/aromatic N) is 4. The van der Waals surface area contributed by atoms with Crippen molar-refractivity contribution in [3.63, 3.8) is 0 Å². The van der Waals surface area contributed by atoms with Crippen LogP contribution in [0.3, 0.4) is 0 Å². The van der Waals surface area contributed by atoms with Gasteiger partial charge < -0.3 is 0 Å². The van der Waals surface area contributed by atoms with Gasteiger partial charge in [-0.1, -0.05) is 22.9 Å². The van der Waals surface area contributed by atoms with Crippen LogP contribution in [0.1, 0.15) is 17.4 Å². The molecule has 2 aromatic heterocycles. The van der Waals surface area contributed by atoms with E-state index >= 15 is 0 Å². The van der Waals surface area contributed by atoms with Crippen LogP contribution >= 0.6 is 22.9 Å². The third-order valence-electron chi connectivity index (χ3n) is 2.91. The second kappa shape index (κ2) is 5.75. The summed E-state index contributed by atoms with van der Waals surface area (Å²) in [4.78, 5) is 26.5. The molecule has 7 heteroatoms. The molecule has 0 spiro atoms. The van der Waals surface area contributed by atoms with E-state index in [1.54, 1.807) is 11.0 Å². The van der Waals surface area contributed by atoms with Crippen LogP contribution in [-0.4, -0.2) is 27.4 Å². The Bertz CT molecular complexity index is 790. The number of hydrogen-bond acceptors (Lipinski definition) is 5. The van der Waals surface area contributed by atoms with Gasteiger partial charge in [0.15, 0.2) is 5.13 Å². The van der Waals surface area contributed by atoms with Crippen molar-refractivity contribution in [2.45, 2.75) is 6.92 Å². The molecule has 0 aliphatic rings. The quantitative estimate of drug-likeness (QED) is 0.742. The lowest BCUT2D eigenvalue weighted by Crippen LogP contribution is -2.31. The second-order valence-corrected chi connectivity index (χ2v) is 5.69. The Morgan fingerprint density at radius 2 is 2.24 bits per heavy atom. The van der Waals surface area contributed by atoms with Crippen LogP contribution in [-0.2, 0) is 0 Å². The highest BCUT2D eigenvalue weighted by Gasteiger charge is 2.20. The summed E-state index contributed by atoms with van der Waals surface area (Å²) in [5, 5.41) is 1.26. The third kappa shape index (κ3) is 2.72. The summed E-state index contributed by atoms with van der Waals surface area (Å²) in [6.45, 7) is 2.40. The molecule has 0 atom stereocenters. The first kappa shape index (κ1) is 13.9. The molecule has 0 unspecified atom stereocenters. The van der Waals surface area contributed by atoms with E-state index in [4.69, 9.17) is 11.6 Å². The molecule has 1 amide bonds. The number of aromatic nitrogens is 3. The molecule has 2 heterocycles. The monoisotopic (exact) mass is 318 g/mol. The SMILES string of the molecule is CCN(C(=O)c1cnccn1)c1nc2cc(Cl)ccc2s1. The summed E-state index contributed by atoms with van der Waals surface area (Å²) in [6.07, 6.45) is 4.49. The van der Waals surface area contributed by atoms with Gasteiger partial charge in [0.1, 0.15) is 5.69 Å². The number of hydrogen-bond donors (Lipinski definition) is 0. The first-order valence-electron chi connectivity index (χ1n) is 6.33. The van der Waals surface area contributed by atoms with Crippen molar-refractivity contribution in [2.75, 3.05) is 11.4 Å². The molecule has 0 radical (unpaired) electrons. The molecule has 0 bridgehead atoms. The molecule has 0 saturated heterocycles. The van der Waals surface area contributed by atoms with Crippen LogP contribution in [0.5, 0.6) is 0 Å². The van der Waals surface area contributed by atoms with Crippen molar-refractivity contribution in [1.82, 2.24) is 15.0 Å². The Morgan fingerprint density at radius 1 is 1.38 bits per heavy atom. The van der Waals surface area contributed by atoms with Gasteiger partial charge in [-0.25, -0.2) is 9.97 Å². The van der Waals surface area contributed by atoms with E-state index in [-0.39, 0.29) is 5.91 Å². The molecule has 0 aliphatic heterocycles. The first-order chi connectivity index (χ1) is 10.2. The number of fused-ring (bicyclic) bond motifs is 1. The normalized spacial score (nSPS) is 10.8. The maximum absolute atomic E-state index is 12.5. The molecular formula is C14H11ClN4OS. The van der Waals surface area contributed by atoms with E-state index in [1.807, 2.05) is 19.1 Å². The zero-order valence-corrected chi connectivity index (χ0v) is 12.7. The highest BCUT2D eigenvalue weighted by Crippen LogP contribution is 2.30. The standard InChI is InChI=1S/C14H11ClN4OS/c1-2-19(13(20)11-8-16-5-6-17-11)14-18-10-7-9(15)3-4-12(10)21-14/h3-8H,2H2,1H3. The van der Waals surface area contributed by atoms with Gasteiger partial charge in [-0.3, -0.25) is 14.7 Å². The van der Waals surface area contributed by atoms with Gasteiger partial charge in [0, 0.05) is 24.0 Å². The summed E-state index contributed by atoms with van der Waals surface area (Å²) >= 11 is 7.41. The fraction of sp³-hybridized carbons (Fsp3) is 0.143. The van der Waals surface area contributed by atoms with Crippen LogP contribution < -0.4 is 4.90 Å². The van der Waals surface area contributed by atoms with Crippen molar-refractivity contribution in [2.24, 2.45) is 0 Å². The van der Waals surface area contributed by atoms with Crippen molar-refractivity contribution in [1.29, 1.82) is 0 Å². The van der Waals surface area contributed by atoms with Gasteiger partial charge in [-0.2, -0.15) is 0 Å². The van der Waals surface area contributed by atoms with Crippen molar-refractivity contribution in [3.8, 4) is 0 Å². The van der Waals surface area contributed by atoms with Crippen LogP contribution in [0.4, 0.5) is 5.13 Å². The predicted molar refractivity (Wildman–Crippen MR) is 84.0 cm³/mol. The predicted octanol–water partition coefficient (Wildman–Crippen LogP) is 3.41. The Balaban J connectivity index is 2.00. The Hall–Kier alpha value is -2.05. The van der Waals surface area contributed by atoms with E-state index in [1.165, 1.54) is 29.9 Å². The maximum Gasteiger partial charge on any atom is 0.280 e. The number of anilines is 1. The highest BCUT2D eigenvalue weighted by molar-refractivity contribution is 7.22. The smallest absolute Gasteiger partial charge is 0.280 e. The number of carbonyl (C=O) groups is 1. The van der Waals surface area contributed by atoms with Crippen LogP contribution in [0.15, 0.2) is 36.8 Å². The Morgan fingerprint density at radius 3 is 2.95 bits per heavy atom. The number of rotatable bonds is 3. The van der Waals surface area contributed by atoms with E-state index < -0.39 is 0 Å². The lowest BCUT2D eigenvalue weighted by Gasteiger charge is -2.16. The maximum atomic E-state index is 12.5. The fourth-order valence-corrected chi connectivity index (χ4v) is 3.09. The zero-order chi connectivity index (χ0) is 14.8. The van der Waals surface area contributed by atoms with Crippen LogP contribution in [0.25, 0.3) is 10.2 Å². The molecule has 3 rings (SSSR count). The number of benzene rings is 1. The number of carbonyl (C=O) groups excluding carboxylic acids is 1. The van der Waals surface area contributed by atoms with Gasteiger partial charge in [0.25, 0.3) is 5.91 Å². The third-order valence-corrected chi connectivity index (χ3v) is 4.21. The Labute approximate surface area is 130 Å². The second-order valence-electron chi connectivity index (χ2n) is 4.25. The molecule has 0 fully saturated rings. The number of amides is 1. The van der Waals surface area contributed by atoms with E-state index in [9.17, 15) is 4.79 Å². The van der Waals surface area contributed by atoms with Gasteiger partial charge in [-0.15, -0.1) is 0 Å². The highest BCUT2D eigenvalue weighted by atomic mass is 35.5. The van der Waals surface area contributed by atoms with E-state index in [0.717, 1.165) is 10.2 Å². The molecule has 1 aromatic carbocycles.